The van der Waals surface area contributed by atoms with E-state index >= 15 is 0 Å². The summed E-state index contributed by atoms with van der Waals surface area (Å²) in [5.74, 6) is -0.650. The number of aliphatic hydroxyl groups is 4. The molecular weight excluding hydrogens is 644 g/mol. The van der Waals surface area contributed by atoms with Crippen LogP contribution in [0, 0.1) is 44.3 Å². The van der Waals surface area contributed by atoms with Crippen molar-refractivity contribution in [2.24, 2.45) is 44.3 Å². The van der Waals surface area contributed by atoms with Crippen molar-refractivity contribution < 1.29 is 39.5 Å². The smallest absolute Gasteiger partial charge is 0.333 e. The van der Waals surface area contributed by atoms with Crippen molar-refractivity contribution in [3.63, 3.8) is 0 Å². The van der Waals surface area contributed by atoms with Crippen molar-refractivity contribution in [2.45, 2.75) is 167 Å². The summed E-state index contributed by atoms with van der Waals surface area (Å²) >= 11 is 0. The average molecular weight is 721 g/mol. The zero-order chi connectivity index (χ0) is 37.4. The third-order valence-corrected chi connectivity index (χ3v) is 14.6. The maximum Gasteiger partial charge on any atom is 0.333 e. The fourth-order valence-electron chi connectivity index (χ4n) is 10.1. The molecule has 3 fully saturated rings. The Balaban J connectivity index is 0.00000650. The number of aliphatic hydroxyl groups excluding tert-OH is 4. The molecule has 0 saturated heterocycles. The molecule has 296 valence electrons. The van der Waals surface area contributed by atoms with Crippen molar-refractivity contribution in [2.75, 3.05) is 13.2 Å². The highest BCUT2D eigenvalue weighted by molar-refractivity contribution is 5.88. The van der Waals surface area contributed by atoms with Crippen LogP contribution in [0.25, 0.3) is 0 Å². The minimum Gasteiger partial charge on any atom is -0.462 e. The fraction of sp³-hybridized carbons (Fsp3) is 0.814. The predicted octanol–water partition coefficient (Wildman–Crippen LogP) is 8.36. The lowest BCUT2D eigenvalue weighted by Crippen LogP contribution is -2.64. The number of hydrogen-bond donors (Lipinski definition) is 4. The molecular formula is C43H76O8. The largest absolute Gasteiger partial charge is 0.462 e. The molecule has 8 nitrogen and oxygen atoms in total. The zero-order valence-corrected chi connectivity index (χ0v) is 32.4. The number of ether oxygens (including phenoxy) is 2. The number of rotatable bonds is 12. The van der Waals surface area contributed by atoms with Gasteiger partial charge in [0, 0.05) is 16.6 Å². The number of hydrogen-bond acceptors (Lipinski definition) is 8. The molecule has 0 aliphatic heterocycles. The highest BCUT2D eigenvalue weighted by Gasteiger charge is 2.65. The maximum atomic E-state index is 12.8. The van der Waals surface area contributed by atoms with Gasteiger partial charge in [-0.05, 0) is 113 Å². The van der Waals surface area contributed by atoms with Crippen molar-refractivity contribution >= 4 is 11.9 Å². The fourth-order valence-corrected chi connectivity index (χ4v) is 10.1. The Labute approximate surface area is 311 Å². The van der Waals surface area contributed by atoms with Gasteiger partial charge < -0.3 is 29.9 Å². The van der Waals surface area contributed by atoms with Gasteiger partial charge in [0.15, 0.2) is 0 Å². The van der Waals surface area contributed by atoms with Gasteiger partial charge in [-0.3, -0.25) is 0 Å². The van der Waals surface area contributed by atoms with E-state index in [1.807, 2.05) is 26.8 Å². The van der Waals surface area contributed by atoms with Gasteiger partial charge in [-0.1, -0.05) is 81.5 Å². The lowest BCUT2D eigenvalue weighted by molar-refractivity contribution is -0.228. The van der Waals surface area contributed by atoms with Crippen LogP contribution in [0.15, 0.2) is 36.0 Å². The predicted molar refractivity (Wildman–Crippen MR) is 207 cm³/mol. The number of carbonyl (C=O) groups is 2. The van der Waals surface area contributed by atoms with Gasteiger partial charge in [0.25, 0.3) is 0 Å². The molecule has 3 saturated carbocycles. The number of fused-ring (bicyclic) bond motifs is 1. The van der Waals surface area contributed by atoms with Gasteiger partial charge in [0.2, 0.25) is 0 Å². The summed E-state index contributed by atoms with van der Waals surface area (Å²) in [7, 11) is 0. The van der Waals surface area contributed by atoms with Gasteiger partial charge >= 0.3 is 11.9 Å². The van der Waals surface area contributed by atoms with Crippen LogP contribution in [0.3, 0.4) is 0 Å². The summed E-state index contributed by atoms with van der Waals surface area (Å²) in [6.07, 6.45) is 6.37. The Kier molecular flexibility index (Phi) is 15.7. The Morgan fingerprint density at radius 2 is 1.37 bits per heavy atom. The van der Waals surface area contributed by atoms with Gasteiger partial charge in [-0.25, -0.2) is 9.59 Å². The van der Waals surface area contributed by atoms with E-state index in [2.05, 4.69) is 41.2 Å². The van der Waals surface area contributed by atoms with Gasteiger partial charge in [-0.15, -0.1) is 6.58 Å². The topological polar surface area (TPSA) is 134 Å². The average Bonchev–Trinajstić information content (AvgIpc) is 3.04. The number of allylic oxidation sites excluding steroid dienone is 3. The first-order valence-corrected chi connectivity index (χ1v) is 18.5. The second kappa shape index (κ2) is 17.0. The summed E-state index contributed by atoms with van der Waals surface area (Å²) in [6, 6.07) is 0. The van der Waals surface area contributed by atoms with Crippen molar-refractivity contribution in [3.8, 4) is 0 Å². The molecule has 3 rings (SSSR count). The van der Waals surface area contributed by atoms with Crippen molar-refractivity contribution in [3.05, 3.63) is 36.0 Å². The normalized spacial score (nSPS) is 37.5. The molecule has 0 aromatic rings. The molecule has 0 heterocycles. The minimum atomic E-state index is -1.29. The third-order valence-electron chi connectivity index (χ3n) is 14.6. The Morgan fingerprint density at radius 3 is 1.88 bits per heavy atom. The summed E-state index contributed by atoms with van der Waals surface area (Å²) in [5, 5.41) is 46.8. The zero-order valence-electron chi connectivity index (χ0n) is 32.4. The summed E-state index contributed by atoms with van der Waals surface area (Å²) in [4.78, 5) is 25.5. The quantitative estimate of drug-likeness (QED) is 0.0898. The van der Waals surface area contributed by atoms with Crippen molar-refractivity contribution in [1.29, 1.82) is 0 Å². The first-order valence-electron chi connectivity index (χ1n) is 18.5. The molecule has 0 aromatic carbocycles. The molecule has 3 aliphatic carbocycles. The Morgan fingerprint density at radius 1 is 0.843 bits per heavy atom. The molecule has 0 spiro atoms. The molecule has 51 heavy (non-hydrogen) atoms. The van der Waals surface area contributed by atoms with E-state index in [9.17, 15) is 30.0 Å². The lowest BCUT2D eigenvalue weighted by Gasteiger charge is -2.67. The molecule has 8 heteroatoms. The Bertz CT molecular complexity index is 1280. The number of esters is 2. The van der Waals surface area contributed by atoms with Crippen LogP contribution >= 0.6 is 0 Å². The summed E-state index contributed by atoms with van der Waals surface area (Å²) in [5.41, 5.74) is -2.44. The van der Waals surface area contributed by atoms with Crippen LogP contribution in [0.2, 0.25) is 0 Å². The van der Waals surface area contributed by atoms with Gasteiger partial charge in [0.1, 0.15) is 6.61 Å². The first kappa shape index (κ1) is 47.0. The molecule has 0 aromatic heterocycles. The van der Waals surface area contributed by atoms with Crippen LogP contribution < -0.4 is 0 Å². The van der Waals surface area contributed by atoms with E-state index in [0.29, 0.717) is 36.8 Å². The molecule has 2 unspecified atom stereocenters. The van der Waals surface area contributed by atoms with Crippen molar-refractivity contribution in [1.82, 2.24) is 0 Å². The summed E-state index contributed by atoms with van der Waals surface area (Å²) in [6.45, 7) is 26.0. The van der Waals surface area contributed by atoms with Gasteiger partial charge in [-0.2, -0.15) is 0 Å². The van der Waals surface area contributed by atoms with Crippen LogP contribution in [-0.2, 0) is 19.1 Å². The van der Waals surface area contributed by atoms with E-state index in [1.165, 1.54) is 0 Å². The minimum absolute atomic E-state index is 0. The number of carbonyl (C=O) groups excluding carboxylic acids is 2. The van der Waals surface area contributed by atoms with Crippen LogP contribution in [0.5, 0.6) is 0 Å². The molecule has 0 amide bonds. The van der Waals surface area contributed by atoms with Crippen LogP contribution in [-0.4, -0.2) is 70.0 Å². The van der Waals surface area contributed by atoms with E-state index in [0.717, 1.165) is 25.7 Å². The summed E-state index contributed by atoms with van der Waals surface area (Å²) < 4.78 is 11.6. The van der Waals surface area contributed by atoms with Crippen LogP contribution in [0.4, 0.5) is 0 Å². The highest BCUT2D eigenvalue weighted by Crippen LogP contribution is 2.69. The van der Waals surface area contributed by atoms with E-state index < -0.39 is 52.0 Å². The SMILES string of the molecule is C.C.C=CCC1[C@@]2(C)CC[C@H](O)[C@](C)(COC(=O)/C(C)=C/C)C2CC[C@@]1(C)C(C)(C)C[C@@H](O)[C@]1(COC(=O)/C(C)=C/C)CCC(C)(C)[C@@H](O)[C@@H]1O. The molecule has 0 radical (unpaired) electrons. The van der Waals surface area contributed by atoms with Crippen LogP contribution in [0.1, 0.15) is 142 Å². The standard InChI is InChI=1S/C41H68O8.2CH4/c1-13-16-29-38(10)19-18-30(42)39(11,24-48-34(46)26(4)14-2)28(38)17-20-40(29,12)37(8,9)23-31(43)41(25-49-35(47)27(5)15-3)22-21-36(6,7)32(44)33(41)45;;/h13-15,28-33,42-45H,1,16-25H2,2-12H3;2*1H4/b26-14+,27-15+;;/t28?,29?,30-,31+,32-,33-,38-,39+,40+,41+;;/m0../s1. The lowest BCUT2D eigenvalue weighted by atomic mass is 9.38. The highest BCUT2D eigenvalue weighted by atomic mass is 16.5. The molecule has 3 aliphatic rings. The van der Waals surface area contributed by atoms with E-state index in [4.69, 9.17) is 9.47 Å². The second-order valence-corrected chi connectivity index (χ2v) is 18.0. The monoisotopic (exact) mass is 721 g/mol. The Hall–Kier alpha value is -2.00. The second-order valence-electron chi connectivity index (χ2n) is 18.0. The first-order chi connectivity index (χ1) is 22.5. The molecule has 4 N–H and O–H groups in total. The molecule has 10 atom stereocenters. The van der Waals surface area contributed by atoms with Gasteiger partial charge in [0.05, 0.1) is 36.4 Å². The maximum absolute atomic E-state index is 12.8. The van der Waals surface area contributed by atoms with E-state index in [1.54, 1.807) is 32.9 Å². The third kappa shape index (κ3) is 8.39. The van der Waals surface area contributed by atoms with E-state index in [-0.39, 0.29) is 56.7 Å². The molecule has 0 bridgehead atoms.